The summed E-state index contributed by atoms with van der Waals surface area (Å²) in [5.41, 5.74) is 1.70. The van der Waals surface area contributed by atoms with Gasteiger partial charge >= 0.3 is 0 Å². The molecule has 5 nitrogen and oxygen atoms in total. The van der Waals surface area contributed by atoms with E-state index in [1.54, 1.807) is 42.5 Å². The van der Waals surface area contributed by atoms with Crippen LogP contribution in [0.1, 0.15) is 30.6 Å². The molecule has 0 saturated carbocycles. The number of carbonyl (C=O) groups excluding carboxylic acids is 2. The molecule has 1 atom stereocenters. The van der Waals surface area contributed by atoms with Gasteiger partial charge in [0.05, 0.1) is 6.54 Å². The van der Waals surface area contributed by atoms with Crippen LogP contribution in [0.15, 0.2) is 42.5 Å². The van der Waals surface area contributed by atoms with Crippen LogP contribution in [-0.2, 0) is 4.79 Å². The first-order valence-corrected chi connectivity index (χ1v) is 9.03. The summed E-state index contributed by atoms with van der Waals surface area (Å²) >= 11 is 11.9. The number of hydrogen-bond donors (Lipinski definition) is 3. The molecule has 0 saturated heterocycles. The van der Waals surface area contributed by atoms with Crippen molar-refractivity contribution >= 4 is 46.4 Å². The minimum atomic E-state index is -0.249. The number of anilines is 2. The van der Waals surface area contributed by atoms with Gasteiger partial charge in [0.25, 0.3) is 5.91 Å². The monoisotopic (exact) mass is 393 g/mol. The van der Waals surface area contributed by atoms with Crippen LogP contribution in [0.2, 0.25) is 10.0 Å². The maximum atomic E-state index is 12.2. The Morgan fingerprint density at radius 3 is 2.38 bits per heavy atom. The molecule has 0 fully saturated rings. The quantitative estimate of drug-likeness (QED) is 0.644. The van der Waals surface area contributed by atoms with Gasteiger partial charge in [0.1, 0.15) is 0 Å². The van der Waals surface area contributed by atoms with Crippen molar-refractivity contribution in [1.29, 1.82) is 0 Å². The Kier molecular flexibility index (Phi) is 7.30. The van der Waals surface area contributed by atoms with Crippen molar-refractivity contribution in [3.05, 3.63) is 58.1 Å². The minimum absolute atomic E-state index is 0.0416. The van der Waals surface area contributed by atoms with Crippen LogP contribution in [0.25, 0.3) is 0 Å². The largest absolute Gasteiger partial charge is 0.376 e. The van der Waals surface area contributed by atoms with Crippen LogP contribution in [0.4, 0.5) is 11.4 Å². The van der Waals surface area contributed by atoms with E-state index >= 15 is 0 Å². The highest BCUT2D eigenvalue weighted by Crippen LogP contribution is 2.22. The molecule has 0 aliphatic rings. The third-order valence-corrected chi connectivity index (χ3v) is 4.15. The first kappa shape index (κ1) is 20.1. The van der Waals surface area contributed by atoms with E-state index in [0.717, 1.165) is 6.42 Å². The third kappa shape index (κ3) is 6.24. The Morgan fingerprint density at radius 1 is 1.04 bits per heavy atom. The summed E-state index contributed by atoms with van der Waals surface area (Å²) in [6, 6.07) is 11.9. The average Bonchev–Trinajstić information content (AvgIpc) is 2.59. The first-order chi connectivity index (χ1) is 12.4. The Morgan fingerprint density at radius 2 is 1.73 bits per heavy atom. The Bertz CT molecular complexity index is 776. The minimum Gasteiger partial charge on any atom is -0.376 e. The SMILES string of the molecule is CCC(C)NC(=O)c1cccc(NC(=O)CNc2cc(Cl)cc(Cl)c2)c1. The number of halogens is 2. The zero-order valence-electron chi connectivity index (χ0n) is 14.6. The normalized spacial score (nSPS) is 11.5. The number of benzene rings is 2. The number of amides is 2. The van der Waals surface area contributed by atoms with Gasteiger partial charge in [-0.2, -0.15) is 0 Å². The molecule has 7 heteroatoms. The van der Waals surface area contributed by atoms with Crippen molar-refractivity contribution < 1.29 is 9.59 Å². The second kappa shape index (κ2) is 9.46. The smallest absolute Gasteiger partial charge is 0.251 e. The molecule has 2 rings (SSSR count). The molecule has 0 bridgehead atoms. The van der Waals surface area contributed by atoms with Crippen LogP contribution >= 0.6 is 23.2 Å². The van der Waals surface area contributed by atoms with Gasteiger partial charge < -0.3 is 16.0 Å². The fourth-order valence-electron chi connectivity index (χ4n) is 2.19. The van der Waals surface area contributed by atoms with Crippen LogP contribution in [-0.4, -0.2) is 24.4 Å². The molecule has 0 aliphatic carbocycles. The van der Waals surface area contributed by atoms with Crippen LogP contribution in [0.5, 0.6) is 0 Å². The topological polar surface area (TPSA) is 70.2 Å². The molecular weight excluding hydrogens is 373 g/mol. The highest BCUT2D eigenvalue weighted by atomic mass is 35.5. The Labute approximate surface area is 163 Å². The van der Waals surface area contributed by atoms with Crippen LogP contribution < -0.4 is 16.0 Å². The lowest BCUT2D eigenvalue weighted by atomic mass is 10.1. The summed E-state index contributed by atoms with van der Waals surface area (Å²) < 4.78 is 0. The molecule has 0 heterocycles. The molecule has 3 N–H and O–H groups in total. The molecule has 0 aliphatic heterocycles. The van der Waals surface area contributed by atoms with E-state index in [-0.39, 0.29) is 24.4 Å². The van der Waals surface area contributed by atoms with Gasteiger partial charge in [-0.25, -0.2) is 0 Å². The molecule has 26 heavy (non-hydrogen) atoms. The van der Waals surface area contributed by atoms with E-state index in [1.165, 1.54) is 0 Å². The van der Waals surface area contributed by atoms with Gasteiger partial charge in [-0.3, -0.25) is 9.59 Å². The number of nitrogens with one attached hydrogen (secondary N) is 3. The molecule has 1 unspecified atom stereocenters. The van der Waals surface area contributed by atoms with Crippen molar-refractivity contribution in [3.8, 4) is 0 Å². The predicted octanol–water partition coefficient (Wildman–Crippen LogP) is 4.57. The molecule has 0 aromatic heterocycles. The molecule has 0 spiro atoms. The van der Waals surface area contributed by atoms with E-state index in [1.807, 2.05) is 13.8 Å². The second-order valence-electron chi connectivity index (χ2n) is 5.92. The van der Waals surface area contributed by atoms with Crippen molar-refractivity contribution in [3.63, 3.8) is 0 Å². The molecule has 2 aromatic rings. The van der Waals surface area contributed by atoms with Crippen molar-refractivity contribution in [1.82, 2.24) is 5.32 Å². The Balaban J connectivity index is 1.94. The zero-order chi connectivity index (χ0) is 19.1. The third-order valence-electron chi connectivity index (χ3n) is 3.71. The van der Waals surface area contributed by atoms with Crippen LogP contribution in [0, 0.1) is 0 Å². The maximum absolute atomic E-state index is 12.2. The number of carbonyl (C=O) groups is 2. The summed E-state index contributed by atoms with van der Waals surface area (Å²) in [6.45, 7) is 3.99. The summed E-state index contributed by atoms with van der Waals surface area (Å²) in [4.78, 5) is 24.3. The molecule has 138 valence electrons. The highest BCUT2D eigenvalue weighted by Gasteiger charge is 2.10. The van der Waals surface area contributed by atoms with Crippen molar-refractivity contribution in [2.45, 2.75) is 26.3 Å². The number of rotatable bonds is 7. The summed E-state index contributed by atoms with van der Waals surface area (Å²) in [7, 11) is 0. The van der Waals surface area contributed by atoms with E-state index < -0.39 is 0 Å². The molecule has 2 aromatic carbocycles. The van der Waals surface area contributed by atoms with Gasteiger partial charge in [-0.15, -0.1) is 0 Å². The summed E-state index contributed by atoms with van der Waals surface area (Å²) in [5.74, 6) is -0.414. The van der Waals surface area contributed by atoms with E-state index in [9.17, 15) is 9.59 Å². The van der Waals surface area contributed by atoms with E-state index in [4.69, 9.17) is 23.2 Å². The number of hydrogen-bond acceptors (Lipinski definition) is 3. The van der Waals surface area contributed by atoms with Gasteiger partial charge in [-0.1, -0.05) is 36.2 Å². The van der Waals surface area contributed by atoms with E-state index in [0.29, 0.717) is 27.0 Å². The predicted molar refractivity (Wildman–Crippen MR) is 107 cm³/mol. The van der Waals surface area contributed by atoms with Gasteiger partial charge in [0, 0.05) is 33.0 Å². The van der Waals surface area contributed by atoms with E-state index in [2.05, 4.69) is 16.0 Å². The lowest BCUT2D eigenvalue weighted by Gasteiger charge is -2.12. The van der Waals surface area contributed by atoms with Crippen molar-refractivity contribution in [2.75, 3.05) is 17.2 Å². The molecule has 2 amide bonds. The molecule has 0 radical (unpaired) electrons. The van der Waals surface area contributed by atoms with Gasteiger partial charge in [0.15, 0.2) is 0 Å². The average molecular weight is 394 g/mol. The summed E-state index contributed by atoms with van der Waals surface area (Å²) in [6.07, 6.45) is 0.849. The first-order valence-electron chi connectivity index (χ1n) is 8.28. The maximum Gasteiger partial charge on any atom is 0.251 e. The Hall–Kier alpha value is -2.24. The van der Waals surface area contributed by atoms with Gasteiger partial charge in [0.2, 0.25) is 5.91 Å². The lowest BCUT2D eigenvalue weighted by Crippen LogP contribution is -2.32. The molecular formula is C19H21Cl2N3O2. The fourth-order valence-corrected chi connectivity index (χ4v) is 2.72. The highest BCUT2D eigenvalue weighted by molar-refractivity contribution is 6.35. The van der Waals surface area contributed by atoms with Crippen molar-refractivity contribution in [2.24, 2.45) is 0 Å². The summed E-state index contributed by atoms with van der Waals surface area (Å²) in [5, 5.41) is 9.58. The standard InChI is InChI=1S/C19H21Cl2N3O2/c1-3-12(2)23-19(26)13-5-4-6-16(7-13)24-18(25)11-22-17-9-14(20)8-15(21)10-17/h4-10,12,22H,3,11H2,1-2H3,(H,23,26)(H,24,25). The van der Waals surface area contributed by atoms with Crippen LogP contribution in [0.3, 0.4) is 0 Å². The second-order valence-corrected chi connectivity index (χ2v) is 6.80. The lowest BCUT2D eigenvalue weighted by molar-refractivity contribution is -0.114. The zero-order valence-corrected chi connectivity index (χ0v) is 16.1. The van der Waals surface area contributed by atoms with Gasteiger partial charge in [-0.05, 0) is 49.7 Å². The fraction of sp³-hybridized carbons (Fsp3) is 0.263.